The molecule has 0 aliphatic heterocycles. The minimum atomic E-state index is -0.0619. The van der Waals surface area contributed by atoms with E-state index in [-0.39, 0.29) is 11.8 Å². The zero-order valence-corrected chi connectivity index (χ0v) is 18.5. The zero-order chi connectivity index (χ0) is 21.6. The molecule has 1 amide bonds. The fourth-order valence-corrected chi connectivity index (χ4v) is 4.39. The molecular weight excluding hydrogens is 404 g/mol. The van der Waals surface area contributed by atoms with Crippen LogP contribution in [-0.2, 0) is 17.8 Å². The Morgan fingerprint density at radius 2 is 1.77 bits per heavy atom. The van der Waals surface area contributed by atoms with Crippen LogP contribution in [0.25, 0.3) is 10.9 Å². The van der Waals surface area contributed by atoms with Crippen LogP contribution in [0.1, 0.15) is 36.0 Å². The number of nitrogens with zero attached hydrogens (tertiary/aromatic N) is 1. The Morgan fingerprint density at radius 1 is 1.00 bits per heavy atom. The van der Waals surface area contributed by atoms with Gasteiger partial charge in [0.2, 0.25) is 5.91 Å². The van der Waals surface area contributed by atoms with E-state index < -0.39 is 0 Å². The minimum absolute atomic E-state index is 0.0502. The van der Waals surface area contributed by atoms with Crippen molar-refractivity contribution in [1.82, 2.24) is 9.88 Å². The third kappa shape index (κ3) is 5.00. The summed E-state index contributed by atoms with van der Waals surface area (Å²) in [5.74, 6) is -0.0117. The van der Waals surface area contributed by atoms with Gasteiger partial charge in [0.25, 0.3) is 0 Å². The van der Waals surface area contributed by atoms with Gasteiger partial charge in [-0.1, -0.05) is 72.3 Å². The summed E-state index contributed by atoms with van der Waals surface area (Å²) in [4.78, 5) is 12.9. The molecule has 1 N–H and O–H groups in total. The Hall–Kier alpha value is -3.04. The van der Waals surface area contributed by atoms with E-state index in [1.165, 1.54) is 16.5 Å². The van der Waals surface area contributed by atoms with Crippen molar-refractivity contribution >= 4 is 28.4 Å². The van der Waals surface area contributed by atoms with Gasteiger partial charge in [-0.2, -0.15) is 0 Å². The van der Waals surface area contributed by atoms with E-state index >= 15 is 0 Å². The number of carbonyl (C=O) groups excluding carboxylic acids is 1. The first-order valence-electron chi connectivity index (χ1n) is 10.8. The first-order chi connectivity index (χ1) is 15.2. The van der Waals surface area contributed by atoms with Crippen molar-refractivity contribution in [2.45, 2.75) is 32.2 Å². The summed E-state index contributed by atoms with van der Waals surface area (Å²) in [5.41, 5.74) is 4.64. The summed E-state index contributed by atoms with van der Waals surface area (Å²) in [6.07, 6.45) is 3.39. The predicted molar refractivity (Wildman–Crippen MR) is 129 cm³/mol. The van der Waals surface area contributed by atoms with E-state index in [0.29, 0.717) is 18.0 Å². The highest BCUT2D eigenvalue weighted by Gasteiger charge is 2.22. The molecule has 0 aliphatic carbocycles. The third-order valence-electron chi connectivity index (χ3n) is 5.75. The maximum Gasteiger partial charge on any atom is 0.220 e. The number of halogens is 1. The van der Waals surface area contributed by atoms with E-state index in [0.717, 1.165) is 24.1 Å². The number of aryl methyl sites for hydroxylation is 1. The lowest BCUT2D eigenvalue weighted by Gasteiger charge is -2.18. The van der Waals surface area contributed by atoms with Gasteiger partial charge in [-0.3, -0.25) is 4.79 Å². The molecule has 0 saturated heterocycles. The van der Waals surface area contributed by atoms with Crippen molar-refractivity contribution in [3.05, 3.63) is 107 Å². The maximum absolute atomic E-state index is 12.9. The van der Waals surface area contributed by atoms with E-state index in [4.69, 9.17) is 11.6 Å². The monoisotopic (exact) mass is 430 g/mol. The number of nitrogens with one attached hydrogen (secondary N) is 1. The molecule has 1 atom stereocenters. The molecule has 158 valence electrons. The fourth-order valence-electron chi connectivity index (χ4n) is 4.19. The number of hydrogen-bond donors (Lipinski definition) is 1. The summed E-state index contributed by atoms with van der Waals surface area (Å²) < 4.78 is 2.25. The van der Waals surface area contributed by atoms with Crippen molar-refractivity contribution in [2.24, 2.45) is 0 Å². The van der Waals surface area contributed by atoms with Crippen LogP contribution in [0.3, 0.4) is 0 Å². The lowest BCUT2D eigenvalue weighted by atomic mass is 9.88. The maximum atomic E-state index is 12.9. The topological polar surface area (TPSA) is 34.0 Å². The lowest BCUT2D eigenvalue weighted by molar-refractivity contribution is -0.121. The third-order valence-corrected chi connectivity index (χ3v) is 5.99. The van der Waals surface area contributed by atoms with Crippen LogP contribution in [0.2, 0.25) is 5.02 Å². The van der Waals surface area contributed by atoms with Gasteiger partial charge in [0.15, 0.2) is 0 Å². The molecule has 0 spiro atoms. The second-order valence-electron chi connectivity index (χ2n) is 7.78. The molecule has 0 bridgehead atoms. The minimum Gasteiger partial charge on any atom is -0.356 e. The van der Waals surface area contributed by atoms with Crippen LogP contribution in [0.4, 0.5) is 0 Å². The van der Waals surface area contributed by atoms with Crippen molar-refractivity contribution in [3.8, 4) is 0 Å². The van der Waals surface area contributed by atoms with Gasteiger partial charge in [0.05, 0.1) is 0 Å². The van der Waals surface area contributed by atoms with Crippen LogP contribution in [0.15, 0.2) is 85.1 Å². The average molecular weight is 431 g/mol. The molecule has 3 aromatic carbocycles. The largest absolute Gasteiger partial charge is 0.356 e. The standard InChI is InChI=1S/C27H27ClN2O/c1-2-30-19-25(23-13-6-7-14-26(23)30)24(21-11-8-12-22(28)17-21)18-27(31)29-16-15-20-9-4-3-5-10-20/h3-14,17,19,24H,2,15-16,18H2,1H3,(H,29,31)/t24-/m0/s1. The molecule has 0 fully saturated rings. The van der Waals surface area contributed by atoms with E-state index in [9.17, 15) is 4.79 Å². The first kappa shape index (κ1) is 21.2. The van der Waals surface area contributed by atoms with Crippen molar-refractivity contribution in [2.75, 3.05) is 6.54 Å². The number of amides is 1. The molecule has 31 heavy (non-hydrogen) atoms. The Balaban J connectivity index is 1.59. The average Bonchev–Trinajstić information content (AvgIpc) is 3.17. The smallest absolute Gasteiger partial charge is 0.220 e. The normalized spacial score (nSPS) is 12.1. The summed E-state index contributed by atoms with van der Waals surface area (Å²) >= 11 is 6.31. The van der Waals surface area contributed by atoms with Gasteiger partial charge in [-0.15, -0.1) is 0 Å². The quantitative estimate of drug-likeness (QED) is 0.355. The van der Waals surface area contributed by atoms with Crippen molar-refractivity contribution in [1.29, 1.82) is 0 Å². The van der Waals surface area contributed by atoms with Gasteiger partial charge in [0, 0.05) is 47.6 Å². The summed E-state index contributed by atoms with van der Waals surface area (Å²) in [6, 6.07) is 26.5. The SMILES string of the molecule is CCn1cc([C@@H](CC(=O)NCCc2ccccc2)c2cccc(Cl)c2)c2ccccc21. The molecule has 0 radical (unpaired) electrons. The molecular formula is C27H27ClN2O. The molecule has 4 rings (SSSR count). The molecule has 4 heteroatoms. The summed E-state index contributed by atoms with van der Waals surface area (Å²) in [7, 11) is 0. The second-order valence-corrected chi connectivity index (χ2v) is 8.22. The van der Waals surface area contributed by atoms with Crippen LogP contribution in [0.5, 0.6) is 0 Å². The number of fused-ring (bicyclic) bond motifs is 1. The van der Waals surface area contributed by atoms with Crippen LogP contribution < -0.4 is 5.32 Å². The van der Waals surface area contributed by atoms with Gasteiger partial charge in [-0.05, 0) is 48.2 Å². The Labute approximate surface area is 188 Å². The fraction of sp³-hybridized carbons (Fsp3) is 0.222. The Morgan fingerprint density at radius 3 is 2.55 bits per heavy atom. The van der Waals surface area contributed by atoms with Crippen molar-refractivity contribution in [3.63, 3.8) is 0 Å². The molecule has 4 aromatic rings. The summed E-state index contributed by atoms with van der Waals surface area (Å²) in [5, 5.41) is 4.98. The highest BCUT2D eigenvalue weighted by Crippen LogP contribution is 2.35. The predicted octanol–water partition coefficient (Wildman–Crippen LogP) is 6.20. The molecule has 1 heterocycles. The van der Waals surface area contributed by atoms with Gasteiger partial charge >= 0.3 is 0 Å². The van der Waals surface area contributed by atoms with Crippen LogP contribution in [-0.4, -0.2) is 17.0 Å². The van der Waals surface area contributed by atoms with Gasteiger partial charge in [-0.25, -0.2) is 0 Å². The molecule has 0 unspecified atom stereocenters. The number of carbonyl (C=O) groups is 1. The number of para-hydroxylation sites is 1. The molecule has 3 nitrogen and oxygen atoms in total. The highest BCUT2D eigenvalue weighted by molar-refractivity contribution is 6.30. The van der Waals surface area contributed by atoms with Gasteiger partial charge < -0.3 is 9.88 Å². The molecule has 1 aromatic heterocycles. The zero-order valence-electron chi connectivity index (χ0n) is 17.7. The number of aromatic nitrogens is 1. The molecule has 0 aliphatic rings. The van der Waals surface area contributed by atoms with E-state index in [1.54, 1.807) is 0 Å². The number of hydrogen-bond acceptors (Lipinski definition) is 1. The van der Waals surface area contributed by atoms with Crippen LogP contribution in [0, 0.1) is 0 Å². The second kappa shape index (κ2) is 9.84. The first-order valence-corrected chi connectivity index (χ1v) is 11.2. The van der Waals surface area contributed by atoms with Crippen LogP contribution >= 0.6 is 11.6 Å². The number of benzene rings is 3. The Kier molecular flexibility index (Phi) is 6.73. The lowest BCUT2D eigenvalue weighted by Crippen LogP contribution is -2.27. The summed E-state index contributed by atoms with van der Waals surface area (Å²) in [6.45, 7) is 3.65. The molecule has 0 saturated carbocycles. The Bertz CT molecular complexity index is 1170. The van der Waals surface area contributed by atoms with Gasteiger partial charge in [0.1, 0.15) is 0 Å². The highest BCUT2D eigenvalue weighted by atomic mass is 35.5. The van der Waals surface area contributed by atoms with E-state index in [1.807, 2.05) is 36.4 Å². The van der Waals surface area contributed by atoms with E-state index in [2.05, 4.69) is 65.5 Å². The van der Waals surface area contributed by atoms with Crippen molar-refractivity contribution < 1.29 is 4.79 Å². The number of rotatable bonds is 8.